The highest BCUT2D eigenvalue weighted by molar-refractivity contribution is 5.79. The summed E-state index contributed by atoms with van der Waals surface area (Å²) in [6, 6.07) is 0. The highest BCUT2D eigenvalue weighted by Crippen LogP contribution is 2.38. The van der Waals surface area contributed by atoms with Gasteiger partial charge in [0.15, 0.2) is 0 Å². The van der Waals surface area contributed by atoms with E-state index in [0.29, 0.717) is 25.4 Å². The number of nitrogens with one attached hydrogen (secondary N) is 1. The van der Waals surface area contributed by atoms with Gasteiger partial charge in [-0.2, -0.15) is 0 Å². The van der Waals surface area contributed by atoms with E-state index in [1.54, 1.807) is 0 Å². The number of ether oxygens (including phenoxy) is 1. The molecule has 0 spiro atoms. The first-order chi connectivity index (χ1) is 8.50. The average Bonchev–Trinajstić information content (AvgIpc) is 2.35. The smallest absolute Gasteiger partial charge is 0.311 e. The van der Waals surface area contributed by atoms with Crippen LogP contribution in [0.3, 0.4) is 0 Å². The maximum atomic E-state index is 11.4. The van der Waals surface area contributed by atoms with Crippen LogP contribution in [-0.2, 0) is 14.3 Å². The van der Waals surface area contributed by atoms with Crippen molar-refractivity contribution in [3.8, 4) is 0 Å². The number of hydrogen-bond donors (Lipinski definition) is 2. The third-order valence-electron chi connectivity index (χ3n) is 3.75. The summed E-state index contributed by atoms with van der Waals surface area (Å²) in [5, 5.41) is 12.1. The molecule has 1 saturated carbocycles. The van der Waals surface area contributed by atoms with Crippen LogP contribution in [-0.4, -0.2) is 36.7 Å². The van der Waals surface area contributed by atoms with E-state index in [1.807, 2.05) is 6.92 Å². The van der Waals surface area contributed by atoms with Gasteiger partial charge < -0.3 is 15.2 Å². The maximum Gasteiger partial charge on any atom is 0.311 e. The van der Waals surface area contributed by atoms with Crippen LogP contribution < -0.4 is 5.32 Å². The van der Waals surface area contributed by atoms with Crippen molar-refractivity contribution in [2.75, 3.05) is 19.8 Å². The highest BCUT2D eigenvalue weighted by Gasteiger charge is 2.41. The number of aliphatic carboxylic acids is 1. The molecule has 0 saturated heterocycles. The van der Waals surface area contributed by atoms with Gasteiger partial charge in [-0.3, -0.25) is 9.59 Å². The van der Waals surface area contributed by atoms with Crippen LogP contribution in [0.4, 0.5) is 0 Å². The fourth-order valence-corrected chi connectivity index (χ4v) is 2.29. The molecule has 0 unspecified atom stereocenters. The van der Waals surface area contributed by atoms with Gasteiger partial charge in [0.1, 0.15) is 6.61 Å². The van der Waals surface area contributed by atoms with Crippen LogP contribution in [0.15, 0.2) is 0 Å². The van der Waals surface area contributed by atoms with Crippen LogP contribution in [0, 0.1) is 11.3 Å². The Bertz CT molecular complexity index is 295. The van der Waals surface area contributed by atoms with Gasteiger partial charge in [-0.15, -0.1) is 0 Å². The van der Waals surface area contributed by atoms with Crippen molar-refractivity contribution in [3.63, 3.8) is 0 Å². The van der Waals surface area contributed by atoms with E-state index in [2.05, 4.69) is 12.2 Å². The molecule has 0 aromatic heterocycles. The van der Waals surface area contributed by atoms with E-state index in [0.717, 1.165) is 12.8 Å². The van der Waals surface area contributed by atoms with Gasteiger partial charge in [-0.25, -0.2) is 0 Å². The lowest BCUT2D eigenvalue weighted by atomic mass is 9.71. The van der Waals surface area contributed by atoms with Gasteiger partial charge in [-0.05, 0) is 38.5 Å². The number of carbonyl (C=O) groups excluding carboxylic acids is 1. The Morgan fingerprint density at radius 1 is 1.39 bits per heavy atom. The van der Waals surface area contributed by atoms with Gasteiger partial charge in [0.05, 0.1) is 5.41 Å². The minimum absolute atomic E-state index is 0.00258. The second-order valence-corrected chi connectivity index (χ2v) is 5.18. The fraction of sp³-hybridized carbons (Fsp3) is 0.846. The van der Waals surface area contributed by atoms with Gasteiger partial charge in [0.2, 0.25) is 5.91 Å². The molecule has 0 radical (unpaired) electrons. The van der Waals surface area contributed by atoms with Crippen molar-refractivity contribution >= 4 is 11.9 Å². The molecule has 2 N–H and O–H groups in total. The lowest BCUT2D eigenvalue weighted by Gasteiger charge is -2.35. The Balaban J connectivity index is 2.48. The molecule has 1 amide bonds. The van der Waals surface area contributed by atoms with Crippen LogP contribution in [0.1, 0.15) is 39.5 Å². The molecule has 1 fully saturated rings. The summed E-state index contributed by atoms with van der Waals surface area (Å²) in [6.45, 7) is 4.65. The Morgan fingerprint density at radius 2 is 2.00 bits per heavy atom. The number of hydrogen-bond acceptors (Lipinski definition) is 3. The van der Waals surface area contributed by atoms with E-state index in [9.17, 15) is 14.7 Å². The first-order valence-electron chi connectivity index (χ1n) is 6.58. The highest BCUT2D eigenvalue weighted by atomic mass is 16.5. The number of amides is 1. The molecule has 104 valence electrons. The zero-order valence-corrected chi connectivity index (χ0v) is 11.2. The van der Waals surface area contributed by atoms with Crippen molar-refractivity contribution in [3.05, 3.63) is 0 Å². The molecule has 0 heterocycles. The molecule has 1 rings (SSSR count). The van der Waals surface area contributed by atoms with Crippen LogP contribution >= 0.6 is 0 Å². The molecule has 0 atom stereocenters. The summed E-state index contributed by atoms with van der Waals surface area (Å²) in [4.78, 5) is 22.9. The monoisotopic (exact) mass is 257 g/mol. The summed E-state index contributed by atoms with van der Waals surface area (Å²) in [7, 11) is 0. The third-order valence-corrected chi connectivity index (χ3v) is 3.75. The molecule has 0 aliphatic heterocycles. The molecule has 0 aromatic carbocycles. The zero-order chi connectivity index (χ0) is 13.6. The minimum Gasteiger partial charge on any atom is -0.481 e. The quantitative estimate of drug-likeness (QED) is 0.754. The Hall–Kier alpha value is -1.10. The Morgan fingerprint density at radius 3 is 2.50 bits per heavy atom. The lowest BCUT2D eigenvalue weighted by molar-refractivity contribution is -0.151. The van der Waals surface area contributed by atoms with Crippen molar-refractivity contribution in [2.45, 2.75) is 39.5 Å². The third kappa shape index (κ3) is 3.98. The van der Waals surface area contributed by atoms with Gasteiger partial charge >= 0.3 is 5.97 Å². The molecule has 18 heavy (non-hydrogen) atoms. The number of carboxylic acid groups (broad SMARTS) is 1. The van der Waals surface area contributed by atoms with Crippen LogP contribution in [0.2, 0.25) is 0 Å². The van der Waals surface area contributed by atoms with E-state index in [-0.39, 0.29) is 19.1 Å². The molecule has 5 nitrogen and oxygen atoms in total. The normalized spacial score (nSPS) is 27.8. The predicted octanol–water partition coefficient (Wildman–Crippen LogP) is 1.42. The minimum atomic E-state index is -0.800. The summed E-state index contributed by atoms with van der Waals surface area (Å²) in [5.74, 6) is -0.459. The Labute approximate surface area is 108 Å². The molecule has 0 aromatic rings. The van der Waals surface area contributed by atoms with Crippen molar-refractivity contribution in [2.24, 2.45) is 11.3 Å². The van der Waals surface area contributed by atoms with Gasteiger partial charge in [0.25, 0.3) is 0 Å². The number of carboxylic acids is 1. The average molecular weight is 257 g/mol. The van der Waals surface area contributed by atoms with Crippen molar-refractivity contribution in [1.82, 2.24) is 5.32 Å². The second-order valence-electron chi connectivity index (χ2n) is 5.18. The van der Waals surface area contributed by atoms with Crippen molar-refractivity contribution < 1.29 is 19.4 Å². The summed E-state index contributed by atoms with van der Waals surface area (Å²) >= 11 is 0. The topological polar surface area (TPSA) is 75.6 Å². The van der Waals surface area contributed by atoms with E-state index >= 15 is 0 Å². The van der Waals surface area contributed by atoms with Gasteiger partial charge in [-0.1, -0.05) is 6.92 Å². The lowest BCUT2D eigenvalue weighted by Crippen LogP contribution is -2.46. The molecule has 1 aliphatic carbocycles. The molecule has 0 bridgehead atoms. The summed E-state index contributed by atoms with van der Waals surface area (Å²) in [5.41, 5.74) is -0.783. The number of rotatable bonds is 6. The first kappa shape index (κ1) is 15.0. The van der Waals surface area contributed by atoms with Crippen LogP contribution in [0.5, 0.6) is 0 Å². The largest absolute Gasteiger partial charge is 0.481 e. The Kier molecular flexibility index (Phi) is 5.59. The maximum absolute atomic E-state index is 11.4. The fourth-order valence-electron chi connectivity index (χ4n) is 2.29. The zero-order valence-electron chi connectivity index (χ0n) is 11.2. The van der Waals surface area contributed by atoms with Crippen molar-refractivity contribution in [1.29, 1.82) is 0 Å². The standard InChI is InChI=1S/C13H23NO4/c1-3-18-8-11(15)14-9-13(12(16)17)6-4-10(2)5-7-13/h10H,3-9H2,1-2H3,(H,14,15)(H,16,17). The molecule has 1 aliphatic rings. The van der Waals surface area contributed by atoms with Gasteiger partial charge in [0, 0.05) is 13.2 Å². The summed E-state index contributed by atoms with van der Waals surface area (Å²) < 4.78 is 4.99. The van der Waals surface area contributed by atoms with Crippen LogP contribution in [0.25, 0.3) is 0 Å². The molecular weight excluding hydrogens is 234 g/mol. The summed E-state index contributed by atoms with van der Waals surface area (Å²) in [6.07, 6.45) is 3.10. The van der Waals surface area contributed by atoms with E-state index < -0.39 is 11.4 Å². The van der Waals surface area contributed by atoms with E-state index in [4.69, 9.17) is 4.74 Å². The van der Waals surface area contributed by atoms with E-state index in [1.165, 1.54) is 0 Å². The number of carbonyl (C=O) groups is 2. The molecule has 5 heteroatoms. The SMILES string of the molecule is CCOCC(=O)NCC1(C(=O)O)CCC(C)CC1. The second kappa shape index (κ2) is 6.73. The molecular formula is C13H23NO4. The first-order valence-corrected chi connectivity index (χ1v) is 6.58. The predicted molar refractivity (Wildman–Crippen MR) is 67.2 cm³/mol.